The van der Waals surface area contributed by atoms with E-state index in [1.54, 1.807) is 6.07 Å². The van der Waals surface area contributed by atoms with Crippen molar-refractivity contribution in [3.05, 3.63) is 35.4 Å². The molecular weight excluding hydrogens is 406 g/mol. The van der Waals surface area contributed by atoms with E-state index in [1.807, 2.05) is 0 Å². The van der Waals surface area contributed by atoms with Crippen LogP contribution in [0.3, 0.4) is 0 Å². The Morgan fingerprint density at radius 1 is 1.30 bits per heavy atom. The highest BCUT2D eigenvalue weighted by Crippen LogP contribution is 2.67. The standard InChI is InChI=1S/C22H27NO3.BrH/c1-13-7-8-22(25)17-11-15-5-6-16(24)19-18(15)21(22,20(13)26-19)9-10-23(17,2)12-14-3-4-14;/h5-6,14,17,20,25H,1,3-4,7-12H2,2H3;1H/t17?,20?,21-,22?,23+;/m0./s1. The van der Waals surface area contributed by atoms with Gasteiger partial charge in [0.25, 0.3) is 0 Å². The highest BCUT2D eigenvalue weighted by Gasteiger charge is 2.75. The van der Waals surface area contributed by atoms with Crippen LogP contribution in [0.1, 0.15) is 43.2 Å². The molecule has 6 rings (SSSR count). The van der Waals surface area contributed by atoms with Crippen molar-refractivity contribution >= 4 is 0 Å². The molecule has 2 N–H and O–H groups in total. The third-order valence-electron chi connectivity index (χ3n) is 8.43. The number of aliphatic hydroxyl groups is 1. The van der Waals surface area contributed by atoms with E-state index in [4.69, 9.17) is 4.74 Å². The summed E-state index contributed by atoms with van der Waals surface area (Å²) >= 11 is 0. The fourth-order valence-corrected chi connectivity index (χ4v) is 7.07. The quantitative estimate of drug-likeness (QED) is 0.495. The van der Waals surface area contributed by atoms with Crippen molar-refractivity contribution in [1.29, 1.82) is 0 Å². The van der Waals surface area contributed by atoms with Crippen LogP contribution < -0.4 is 21.7 Å². The lowest BCUT2D eigenvalue weighted by Crippen LogP contribution is -3.00. The van der Waals surface area contributed by atoms with Gasteiger partial charge in [-0.3, -0.25) is 0 Å². The number of quaternary nitrogens is 1. The molecule has 146 valence electrons. The van der Waals surface area contributed by atoms with E-state index < -0.39 is 11.0 Å². The van der Waals surface area contributed by atoms with Crippen molar-refractivity contribution in [3.63, 3.8) is 0 Å². The van der Waals surface area contributed by atoms with Crippen LogP contribution in [0.15, 0.2) is 24.3 Å². The van der Waals surface area contributed by atoms with Crippen molar-refractivity contribution in [3.8, 4) is 11.5 Å². The Labute approximate surface area is 171 Å². The van der Waals surface area contributed by atoms with Crippen molar-refractivity contribution in [2.75, 3.05) is 20.1 Å². The lowest BCUT2D eigenvalue weighted by atomic mass is 9.48. The van der Waals surface area contributed by atoms with Crippen molar-refractivity contribution in [2.45, 2.75) is 61.7 Å². The fraction of sp³-hybridized carbons (Fsp3) is 0.636. The monoisotopic (exact) mass is 433 g/mol. The van der Waals surface area contributed by atoms with E-state index in [-0.39, 0.29) is 34.9 Å². The topological polar surface area (TPSA) is 49.7 Å². The molecule has 1 aromatic carbocycles. The van der Waals surface area contributed by atoms with Gasteiger partial charge in [0.15, 0.2) is 11.5 Å². The van der Waals surface area contributed by atoms with E-state index in [0.717, 1.165) is 53.8 Å². The number of likely N-dealkylation sites (tertiary alicyclic amines) is 1. The van der Waals surface area contributed by atoms with Gasteiger partial charge in [0.1, 0.15) is 17.7 Å². The molecular formula is C22H28BrNO3. The summed E-state index contributed by atoms with van der Waals surface area (Å²) in [6, 6.07) is 4.05. The van der Waals surface area contributed by atoms with E-state index in [1.165, 1.54) is 24.9 Å². The summed E-state index contributed by atoms with van der Waals surface area (Å²) in [5.74, 6) is 1.66. The van der Waals surface area contributed by atoms with E-state index in [0.29, 0.717) is 5.75 Å². The predicted molar refractivity (Wildman–Crippen MR) is 98.3 cm³/mol. The first-order valence-electron chi connectivity index (χ1n) is 10.2. The number of phenolic OH excluding ortho intramolecular Hbond substituents is 1. The Morgan fingerprint density at radius 2 is 2.07 bits per heavy atom. The van der Waals surface area contributed by atoms with Gasteiger partial charge in [-0.05, 0) is 42.9 Å². The zero-order chi connectivity index (χ0) is 17.9. The van der Waals surface area contributed by atoms with Crippen LogP contribution in [0, 0.1) is 5.92 Å². The second-order valence-electron chi connectivity index (χ2n) is 9.80. The van der Waals surface area contributed by atoms with Gasteiger partial charge in [0.2, 0.25) is 0 Å². The molecule has 27 heavy (non-hydrogen) atoms. The zero-order valence-corrected chi connectivity index (χ0v) is 17.5. The maximum atomic E-state index is 12.3. The Morgan fingerprint density at radius 3 is 2.81 bits per heavy atom. The number of ether oxygens (including phenoxy) is 1. The molecule has 2 aliphatic heterocycles. The first kappa shape index (κ1) is 18.0. The molecule has 0 radical (unpaired) electrons. The third kappa shape index (κ3) is 1.96. The maximum absolute atomic E-state index is 12.3. The minimum atomic E-state index is -0.771. The Kier molecular flexibility index (Phi) is 3.54. The number of halogens is 1. The first-order chi connectivity index (χ1) is 12.4. The maximum Gasteiger partial charge on any atom is 0.166 e. The summed E-state index contributed by atoms with van der Waals surface area (Å²) in [6.45, 7) is 6.57. The van der Waals surface area contributed by atoms with E-state index in [2.05, 4.69) is 19.7 Å². The number of hydrogen-bond acceptors (Lipinski definition) is 3. The molecule has 4 nitrogen and oxygen atoms in total. The fourth-order valence-electron chi connectivity index (χ4n) is 7.07. The smallest absolute Gasteiger partial charge is 0.166 e. The lowest BCUT2D eigenvalue weighted by Gasteiger charge is -2.65. The normalized spacial score (nSPS) is 43.6. The van der Waals surface area contributed by atoms with Gasteiger partial charge in [0.05, 0.1) is 25.6 Å². The molecule has 3 aliphatic carbocycles. The highest BCUT2D eigenvalue weighted by molar-refractivity contribution is 5.63. The minimum absolute atomic E-state index is 0. The molecule has 3 unspecified atom stereocenters. The average Bonchev–Trinajstić information content (AvgIpc) is 3.32. The molecule has 5 atom stereocenters. The second-order valence-corrected chi connectivity index (χ2v) is 9.80. The summed E-state index contributed by atoms with van der Waals surface area (Å²) in [5, 5.41) is 22.7. The SMILES string of the molecule is C=C1CCC2(O)C3Cc4ccc(O)c5c4[C@@]2(CC[N@+]3(C)CC2CC2)C1O5.[Br-]. The molecule has 2 saturated carbocycles. The van der Waals surface area contributed by atoms with Gasteiger partial charge in [0, 0.05) is 24.3 Å². The summed E-state index contributed by atoms with van der Waals surface area (Å²) in [5.41, 5.74) is 2.25. The summed E-state index contributed by atoms with van der Waals surface area (Å²) < 4.78 is 7.32. The number of likely N-dealkylation sites (N-methyl/N-ethyl adjacent to an activating group) is 1. The number of aromatic hydroxyl groups is 1. The minimum Gasteiger partial charge on any atom is -1.00 e. The predicted octanol–water partition coefficient (Wildman–Crippen LogP) is -0.339. The van der Waals surface area contributed by atoms with Gasteiger partial charge < -0.3 is 36.4 Å². The van der Waals surface area contributed by atoms with Gasteiger partial charge in [-0.1, -0.05) is 12.6 Å². The van der Waals surface area contributed by atoms with Crippen LogP contribution in [0.25, 0.3) is 0 Å². The van der Waals surface area contributed by atoms with Gasteiger partial charge in [-0.2, -0.15) is 0 Å². The highest BCUT2D eigenvalue weighted by atomic mass is 79.9. The molecule has 3 fully saturated rings. The molecule has 1 saturated heterocycles. The molecule has 5 heteroatoms. The zero-order valence-electron chi connectivity index (χ0n) is 15.9. The number of piperidine rings is 1. The lowest BCUT2D eigenvalue weighted by molar-refractivity contribution is -0.950. The molecule has 1 spiro atoms. The van der Waals surface area contributed by atoms with Crippen LogP contribution in [-0.4, -0.2) is 52.6 Å². The van der Waals surface area contributed by atoms with E-state index >= 15 is 0 Å². The van der Waals surface area contributed by atoms with Crippen molar-refractivity contribution in [2.24, 2.45) is 5.92 Å². The number of phenols is 1. The Balaban J connectivity index is 0.00000160. The van der Waals surface area contributed by atoms with Crippen molar-refractivity contribution in [1.82, 2.24) is 0 Å². The van der Waals surface area contributed by atoms with Crippen LogP contribution in [0.5, 0.6) is 11.5 Å². The van der Waals surface area contributed by atoms with Gasteiger partial charge in [-0.25, -0.2) is 0 Å². The van der Waals surface area contributed by atoms with Gasteiger partial charge >= 0.3 is 0 Å². The van der Waals surface area contributed by atoms with Gasteiger partial charge in [-0.15, -0.1) is 0 Å². The second kappa shape index (κ2) is 5.31. The van der Waals surface area contributed by atoms with Crippen LogP contribution >= 0.6 is 0 Å². The molecule has 1 aromatic rings. The average molecular weight is 434 g/mol. The molecule has 0 aromatic heterocycles. The van der Waals surface area contributed by atoms with Crippen LogP contribution in [0.4, 0.5) is 0 Å². The largest absolute Gasteiger partial charge is 1.00 e. The number of hydrogen-bond donors (Lipinski definition) is 2. The molecule has 2 bridgehead atoms. The summed E-state index contributed by atoms with van der Waals surface area (Å²) in [7, 11) is 2.37. The Hall–Kier alpha value is -1.04. The number of nitrogens with zero attached hydrogens (tertiary/aromatic N) is 1. The Bertz CT molecular complexity index is 852. The first-order valence-corrected chi connectivity index (χ1v) is 10.2. The molecule has 5 aliphatic rings. The molecule has 2 heterocycles. The molecule has 0 amide bonds. The van der Waals surface area contributed by atoms with Crippen molar-refractivity contribution < 1.29 is 36.4 Å². The summed E-state index contributed by atoms with van der Waals surface area (Å²) in [4.78, 5) is 0. The summed E-state index contributed by atoms with van der Waals surface area (Å²) in [6.07, 6.45) is 5.88. The van der Waals surface area contributed by atoms with Crippen LogP contribution in [0.2, 0.25) is 0 Å². The third-order valence-corrected chi connectivity index (χ3v) is 8.43. The van der Waals surface area contributed by atoms with Crippen LogP contribution in [-0.2, 0) is 11.8 Å². The van der Waals surface area contributed by atoms with E-state index in [9.17, 15) is 10.2 Å². The number of rotatable bonds is 2. The number of benzene rings is 1.